The molecule has 0 saturated carbocycles. The predicted molar refractivity (Wildman–Crippen MR) is 92.9 cm³/mol. The van der Waals surface area contributed by atoms with Gasteiger partial charge in [-0.15, -0.1) is 0 Å². The maximum absolute atomic E-state index is 13.0. The molecule has 0 spiro atoms. The highest BCUT2D eigenvalue weighted by Crippen LogP contribution is 2.30. The molecule has 6 nitrogen and oxygen atoms in total. The second kappa shape index (κ2) is 8.26. The van der Waals surface area contributed by atoms with Crippen molar-refractivity contribution in [1.82, 2.24) is 14.9 Å². The quantitative estimate of drug-likeness (QED) is 0.793. The van der Waals surface area contributed by atoms with Crippen molar-refractivity contribution >= 4 is 5.82 Å². The molecule has 3 heterocycles. The number of aliphatic hydroxyl groups excluding tert-OH is 1. The third-order valence-electron chi connectivity index (χ3n) is 4.79. The van der Waals surface area contributed by atoms with Crippen molar-refractivity contribution in [2.45, 2.75) is 51.1 Å². The number of aliphatic hydroxyl groups is 1. The van der Waals surface area contributed by atoms with E-state index in [2.05, 4.69) is 27.1 Å². The number of hydrogen-bond acceptors (Lipinski definition) is 6. The van der Waals surface area contributed by atoms with E-state index < -0.39 is 18.1 Å². The van der Waals surface area contributed by atoms with Gasteiger partial charge in [-0.25, -0.2) is 9.97 Å². The first kappa shape index (κ1) is 19.6. The van der Waals surface area contributed by atoms with Crippen LogP contribution in [0.1, 0.15) is 49.4 Å². The zero-order valence-corrected chi connectivity index (χ0v) is 15.0. The Morgan fingerprint density at radius 2 is 2.22 bits per heavy atom. The highest BCUT2D eigenvalue weighted by Gasteiger charge is 2.36. The van der Waals surface area contributed by atoms with E-state index in [0.29, 0.717) is 18.3 Å². The van der Waals surface area contributed by atoms with E-state index in [9.17, 15) is 18.3 Å². The molecule has 1 aliphatic rings. The zero-order valence-electron chi connectivity index (χ0n) is 15.0. The maximum Gasteiger partial charge on any atom is 0.451 e. The molecule has 0 radical (unpaired) electrons. The summed E-state index contributed by atoms with van der Waals surface area (Å²) in [6, 6.07) is 3.71. The third-order valence-corrected chi connectivity index (χ3v) is 4.79. The lowest BCUT2D eigenvalue weighted by atomic mass is 10.0. The van der Waals surface area contributed by atoms with Crippen LogP contribution in [-0.2, 0) is 12.7 Å². The van der Waals surface area contributed by atoms with Gasteiger partial charge in [0.2, 0.25) is 5.82 Å². The van der Waals surface area contributed by atoms with Gasteiger partial charge in [-0.05, 0) is 38.4 Å². The fraction of sp³-hybridized carbons (Fsp3) is 0.556. The fourth-order valence-electron chi connectivity index (χ4n) is 3.25. The Bertz CT molecular complexity index is 737. The highest BCUT2D eigenvalue weighted by molar-refractivity contribution is 5.45. The lowest BCUT2D eigenvalue weighted by Crippen LogP contribution is -2.40. The summed E-state index contributed by atoms with van der Waals surface area (Å²) in [5, 5.41) is 13.5. The van der Waals surface area contributed by atoms with Gasteiger partial charge in [-0.1, -0.05) is 6.42 Å². The van der Waals surface area contributed by atoms with E-state index in [1.807, 2.05) is 0 Å². The number of hydrogen-bond donors (Lipinski definition) is 2. The molecule has 27 heavy (non-hydrogen) atoms. The first-order valence-electron chi connectivity index (χ1n) is 8.97. The number of anilines is 1. The lowest BCUT2D eigenvalue weighted by molar-refractivity contribution is -0.144. The topological polar surface area (TPSA) is 74.4 Å². The normalized spacial score (nSPS) is 19.8. The SMILES string of the molecule is CC1CCCCN1CC(O)c1cnc(C(F)(F)F)nc1NCc1ccco1. The molecule has 3 rings (SSSR count). The standard InChI is InChI=1S/C18H23F3N4O2/c1-12-5-2-3-7-25(12)11-15(26)14-10-23-17(18(19,20)21)24-16(14)22-9-13-6-4-8-27-13/h4,6,8,10,12,15,26H,2-3,5,7,9,11H2,1H3,(H,22,23,24). The first-order valence-corrected chi connectivity index (χ1v) is 8.97. The van der Waals surface area contributed by atoms with Crippen molar-refractivity contribution < 1.29 is 22.7 Å². The first-order chi connectivity index (χ1) is 12.8. The van der Waals surface area contributed by atoms with Gasteiger partial charge in [0.15, 0.2) is 0 Å². The van der Waals surface area contributed by atoms with E-state index in [0.717, 1.165) is 32.0 Å². The number of furan rings is 1. The minimum Gasteiger partial charge on any atom is -0.467 e. The number of piperidine rings is 1. The van der Waals surface area contributed by atoms with E-state index in [1.165, 1.54) is 6.26 Å². The summed E-state index contributed by atoms with van der Waals surface area (Å²) in [6.07, 6.45) is 0.112. The van der Waals surface area contributed by atoms with Crippen LogP contribution < -0.4 is 5.32 Å². The number of alkyl halides is 3. The van der Waals surface area contributed by atoms with Gasteiger partial charge in [-0.3, -0.25) is 4.90 Å². The van der Waals surface area contributed by atoms with Gasteiger partial charge in [0.25, 0.3) is 0 Å². The molecule has 1 aliphatic heterocycles. The van der Waals surface area contributed by atoms with Gasteiger partial charge in [0, 0.05) is 24.3 Å². The van der Waals surface area contributed by atoms with Gasteiger partial charge >= 0.3 is 6.18 Å². The van der Waals surface area contributed by atoms with Crippen LogP contribution in [-0.4, -0.2) is 39.1 Å². The van der Waals surface area contributed by atoms with Gasteiger partial charge < -0.3 is 14.8 Å². The Balaban J connectivity index is 1.80. The molecule has 9 heteroatoms. The summed E-state index contributed by atoms with van der Waals surface area (Å²) in [6.45, 7) is 3.42. The zero-order chi connectivity index (χ0) is 19.4. The predicted octanol–water partition coefficient (Wildman–Crippen LogP) is 3.61. The fourth-order valence-corrected chi connectivity index (χ4v) is 3.25. The van der Waals surface area contributed by atoms with Crippen molar-refractivity contribution in [2.24, 2.45) is 0 Å². The molecule has 2 atom stereocenters. The van der Waals surface area contributed by atoms with Crippen LogP contribution in [0.3, 0.4) is 0 Å². The number of nitrogens with zero attached hydrogens (tertiary/aromatic N) is 3. The largest absolute Gasteiger partial charge is 0.467 e. The monoisotopic (exact) mass is 384 g/mol. The Morgan fingerprint density at radius 1 is 1.41 bits per heavy atom. The van der Waals surface area contributed by atoms with Crippen molar-refractivity contribution in [3.05, 3.63) is 41.7 Å². The molecule has 148 valence electrons. The molecular weight excluding hydrogens is 361 g/mol. The van der Waals surface area contributed by atoms with Crippen molar-refractivity contribution in [1.29, 1.82) is 0 Å². The second-order valence-corrected chi connectivity index (χ2v) is 6.78. The Labute approximate surface area is 155 Å². The summed E-state index contributed by atoms with van der Waals surface area (Å²) in [5.74, 6) is -0.732. The van der Waals surface area contributed by atoms with Gasteiger partial charge in [0.05, 0.1) is 18.9 Å². The van der Waals surface area contributed by atoms with Crippen LogP contribution in [0.2, 0.25) is 0 Å². The minimum atomic E-state index is -4.66. The van der Waals surface area contributed by atoms with Crippen LogP contribution in [0.25, 0.3) is 0 Å². The summed E-state index contributed by atoms with van der Waals surface area (Å²) in [4.78, 5) is 9.16. The Morgan fingerprint density at radius 3 is 2.89 bits per heavy atom. The van der Waals surface area contributed by atoms with Gasteiger partial charge in [-0.2, -0.15) is 13.2 Å². The molecule has 0 aromatic carbocycles. The molecular formula is C18H23F3N4O2. The highest BCUT2D eigenvalue weighted by atomic mass is 19.4. The molecule has 1 saturated heterocycles. The van der Waals surface area contributed by atoms with E-state index in [-0.39, 0.29) is 17.9 Å². The summed E-state index contributed by atoms with van der Waals surface area (Å²) < 4.78 is 44.2. The molecule has 2 N–H and O–H groups in total. The molecule has 1 fully saturated rings. The smallest absolute Gasteiger partial charge is 0.451 e. The average Bonchev–Trinajstić information content (AvgIpc) is 3.14. The van der Waals surface area contributed by atoms with Crippen molar-refractivity contribution in [2.75, 3.05) is 18.4 Å². The van der Waals surface area contributed by atoms with Crippen LogP contribution in [0.5, 0.6) is 0 Å². The molecule has 0 bridgehead atoms. The molecule has 0 amide bonds. The number of likely N-dealkylation sites (tertiary alicyclic amines) is 1. The van der Waals surface area contributed by atoms with E-state index >= 15 is 0 Å². The summed E-state index contributed by atoms with van der Waals surface area (Å²) in [5.41, 5.74) is 0.243. The summed E-state index contributed by atoms with van der Waals surface area (Å²) in [7, 11) is 0. The molecule has 2 aromatic heterocycles. The van der Waals surface area contributed by atoms with Crippen LogP contribution in [0.4, 0.5) is 19.0 Å². The van der Waals surface area contributed by atoms with Crippen LogP contribution >= 0.6 is 0 Å². The number of nitrogens with one attached hydrogen (secondary N) is 1. The van der Waals surface area contributed by atoms with Crippen LogP contribution in [0, 0.1) is 0 Å². The van der Waals surface area contributed by atoms with Gasteiger partial charge in [0.1, 0.15) is 11.6 Å². The van der Waals surface area contributed by atoms with Crippen LogP contribution in [0.15, 0.2) is 29.0 Å². The third kappa shape index (κ3) is 4.98. The van der Waals surface area contributed by atoms with E-state index in [4.69, 9.17) is 4.42 Å². The number of β-amino-alcohol motifs (C(OH)–C–C–N with tert-alkyl or cyclic N) is 1. The number of aromatic nitrogens is 2. The van der Waals surface area contributed by atoms with Crippen molar-refractivity contribution in [3.8, 4) is 0 Å². The van der Waals surface area contributed by atoms with E-state index in [1.54, 1.807) is 12.1 Å². The number of rotatable bonds is 6. The lowest BCUT2D eigenvalue weighted by Gasteiger charge is -2.34. The molecule has 2 aromatic rings. The number of halogens is 3. The Hall–Kier alpha value is -2.13. The molecule has 0 aliphatic carbocycles. The molecule has 2 unspecified atom stereocenters. The summed E-state index contributed by atoms with van der Waals surface area (Å²) >= 11 is 0. The second-order valence-electron chi connectivity index (χ2n) is 6.78. The maximum atomic E-state index is 13.0. The van der Waals surface area contributed by atoms with Crippen molar-refractivity contribution in [3.63, 3.8) is 0 Å². The Kier molecular flexibility index (Phi) is 6.01. The average molecular weight is 384 g/mol. The minimum absolute atomic E-state index is 0.0362.